The second-order valence-electron chi connectivity index (χ2n) is 7.85. The number of pyridine rings is 1. The van der Waals surface area contributed by atoms with Gasteiger partial charge in [-0.05, 0) is 54.0 Å². The molecule has 0 amide bonds. The average molecular weight is 450 g/mol. The number of hydrogen-bond donors (Lipinski definition) is 1. The molecule has 1 aromatic carbocycles. The lowest BCUT2D eigenvalue weighted by Crippen LogP contribution is -2.40. The highest BCUT2D eigenvalue weighted by atomic mass is 79.9. The van der Waals surface area contributed by atoms with Crippen molar-refractivity contribution in [2.45, 2.75) is 45.5 Å². The van der Waals surface area contributed by atoms with E-state index in [1.165, 1.54) is 0 Å². The van der Waals surface area contributed by atoms with E-state index in [2.05, 4.69) is 71.1 Å². The first-order chi connectivity index (χ1) is 12.1. The first-order valence-corrected chi connectivity index (χ1v) is 13.1. The van der Waals surface area contributed by atoms with Crippen molar-refractivity contribution >= 4 is 56.8 Å². The van der Waals surface area contributed by atoms with Crippen molar-refractivity contribution < 1.29 is 4.43 Å². The van der Waals surface area contributed by atoms with E-state index in [0.717, 1.165) is 31.2 Å². The van der Waals surface area contributed by atoms with Crippen LogP contribution in [0.2, 0.25) is 18.1 Å². The van der Waals surface area contributed by atoms with E-state index in [1.54, 1.807) is 11.3 Å². The Labute approximate surface area is 168 Å². The molecule has 0 aliphatic heterocycles. The van der Waals surface area contributed by atoms with E-state index in [9.17, 15) is 0 Å². The van der Waals surface area contributed by atoms with Gasteiger partial charge in [0.15, 0.2) is 13.4 Å². The molecule has 0 spiro atoms. The molecule has 0 fully saturated rings. The summed E-state index contributed by atoms with van der Waals surface area (Å²) in [6.45, 7) is 11.9. The van der Waals surface area contributed by atoms with E-state index >= 15 is 0 Å². The van der Waals surface area contributed by atoms with Crippen molar-refractivity contribution in [2.75, 3.05) is 5.32 Å². The number of benzene rings is 1. The van der Waals surface area contributed by atoms with E-state index < -0.39 is 8.32 Å². The zero-order chi connectivity index (χ0) is 18.9. The standard InChI is InChI=1S/C19H24BrN3OSSi/c1-19(2,3)26(4,5)24-12-13-8-9-21-17(10-13)23-18-22-15-7-6-14(20)11-16(15)25-18/h6-11H,12H2,1-5H3,(H,21,22,23). The number of aromatic nitrogens is 2. The lowest BCUT2D eigenvalue weighted by molar-refractivity contribution is 0.276. The topological polar surface area (TPSA) is 47.0 Å². The minimum absolute atomic E-state index is 0.205. The van der Waals surface area contributed by atoms with Gasteiger partial charge in [-0.1, -0.05) is 48.0 Å². The molecule has 3 aromatic rings. The first-order valence-electron chi connectivity index (χ1n) is 8.56. The summed E-state index contributed by atoms with van der Waals surface area (Å²) < 4.78 is 8.51. The van der Waals surface area contributed by atoms with Crippen LogP contribution in [0.5, 0.6) is 0 Å². The molecular weight excluding hydrogens is 426 g/mol. The van der Waals surface area contributed by atoms with Crippen molar-refractivity contribution in [3.05, 3.63) is 46.6 Å². The minimum atomic E-state index is -1.76. The third kappa shape index (κ3) is 4.51. The highest BCUT2D eigenvalue weighted by molar-refractivity contribution is 9.10. The quantitative estimate of drug-likeness (QED) is 0.439. The van der Waals surface area contributed by atoms with Gasteiger partial charge in [-0.25, -0.2) is 9.97 Å². The maximum Gasteiger partial charge on any atom is 0.192 e. The lowest BCUT2D eigenvalue weighted by Gasteiger charge is -2.36. The first kappa shape index (κ1) is 19.5. The van der Waals surface area contributed by atoms with Gasteiger partial charge in [-0.15, -0.1) is 0 Å². The molecule has 0 saturated carbocycles. The van der Waals surface area contributed by atoms with Crippen LogP contribution in [-0.4, -0.2) is 18.3 Å². The molecule has 3 rings (SSSR count). The highest BCUT2D eigenvalue weighted by Gasteiger charge is 2.37. The van der Waals surface area contributed by atoms with Gasteiger partial charge in [0.05, 0.1) is 16.8 Å². The van der Waals surface area contributed by atoms with E-state index in [4.69, 9.17) is 4.43 Å². The van der Waals surface area contributed by atoms with Gasteiger partial charge in [0, 0.05) is 10.7 Å². The molecule has 1 N–H and O–H groups in total. The highest BCUT2D eigenvalue weighted by Crippen LogP contribution is 2.37. The molecule has 0 atom stereocenters. The normalized spacial score (nSPS) is 12.5. The summed E-state index contributed by atoms with van der Waals surface area (Å²) in [6.07, 6.45) is 1.82. The molecule has 138 valence electrons. The Bertz CT molecular complexity index is 921. The molecule has 7 heteroatoms. The Balaban J connectivity index is 1.72. The Kier molecular flexibility index (Phi) is 5.53. The molecule has 4 nitrogen and oxygen atoms in total. The number of halogens is 1. The summed E-state index contributed by atoms with van der Waals surface area (Å²) in [5.41, 5.74) is 2.11. The Morgan fingerprint density at radius 2 is 1.96 bits per heavy atom. The van der Waals surface area contributed by atoms with Gasteiger partial charge in [-0.3, -0.25) is 0 Å². The van der Waals surface area contributed by atoms with Crippen LogP contribution in [0.3, 0.4) is 0 Å². The number of rotatable bonds is 5. The molecule has 2 aromatic heterocycles. The molecule has 26 heavy (non-hydrogen) atoms. The molecule has 0 aliphatic rings. The Morgan fingerprint density at radius 1 is 1.19 bits per heavy atom. The van der Waals surface area contributed by atoms with Gasteiger partial charge in [0.25, 0.3) is 0 Å². The summed E-state index contributed by atoms with van der Waals surface area (Å²) in [6, 6.07) is 10.1. The number of hydrogen-bond acceptors (Lipinski definition) is 5. The maximum atomic E-state index is 6.31. The van der Waals surface area contributed by atoms with Gasteiger partial charge in [0.2, 0.25) is 0 Å². The molecule has 0 aliphatic carbocycles. The summed E-state index contributed by atoms with van der Waals surface area (Å²) in [4.78, 5) is 9.04. The molecule has 0 bridgehead atoms. The molecular formula is C19H24BrN3OSSi. The van der Waals surface area contributed by atoms with Crippen molar-refractivity contribution in [1.29, 1.82) is 0 Å². The summed E-state index contributed by atoms with van der Waals surface area (Å²) in [5, 5.41) is 4.36. The van der Waals surface area contributed by atoms with Crippen molar-refractivity contribution in [2.24, 2.45) is 0 Å². The Morgan fingerprint density at radius 3 is 2.69 bits per heavy atom. The fourth-order valence-corrected chi connectivity index (χ4v) is 4.56. The van der Waals surface area contributed by atoms with Gasteiger partial charge in [-0.2, -0.15) is 0 Å². The van der Waals surface area contributed by atoms with Gasteiger partial charge < -0.3 is 9.74 Å². The number of nitrogens with zero attached hydrogens (tertiary/aromatic N) is 2. The SMILES string of the molecule is CC(C)(C)[Si](C)(C)OCc1ccnc(Nc2nc3ccc(Br)cc3s2)c1. The summed E-state index contributed by atoms with van der Waals surface area (Å²) in [7, 11) is -1.76. The lowest BCUT2D eigenvalue weighted by atomic mass is 10.2. The van der Waals surface area contributed by atoms with E-state index in [1.807, 2.05) is 30.5 Å². The molecule has 0 unspecified atom stereocenters. The van der Waals surface area contributed by atoms with Crippen LogP contribution in [0.1, 0.15) is 26.3 Å². The van der Waals surface area contributed by atoms with Crippen molar-refractivity contribution in [1.82, 2.24) is 9.97 Å². The fraction of sp³-hybridized carbons (Fsp3) is 0.368. The monoisotopic (exact) mass is 449 g/mol. The maximum absolute atomic E-state index is 6.31. The second kappa shape index (κ2) is 7.38. The van der Waals surface area contributed by atoms with Crippen LogP contribution in [0.25, 0.3) is 10.2 Å². The minimum Gasteiger partial charge on any atom is -0.413 e. The van der Waals surface area contributed by atoms with Gasteiger partial charge in [0.1, 0.15) is 5.82 Å². The second-order valence-corrected chi connectivity index (χ2v) is 14.6. The number of nitrogens with one attached hydrogen (secondary N) is 1. The van der Waals surface area contributed by atoms with Crippen molar-refractivity contribution in [3.8, 4) is 0 Å². The van der Waals surface area contributed by atoms with E-state index in [0.29, 0.717) is 6.61 Å². The molecule has 0 radical (unpaired) electrons. The fourth-order valence-electron chi connectivity index (χ4n) is 2.17. The third-order valence-electron chi connectivity index (χ3n) is 4.82. The Hall–Kier alpha value is -1.28. The number of fused-ring (bicyclic) bond motifs is 1. The number of thiazole rings is 1. The van der Waals surface area contributed by atoms with Crippen LogP contribution < -0.4 is 5.32 Å². The van der Waals surface area contributed by atoms with Crippen molar-refractivity contribution in [3.63, 3.8) is 0 Å². The van der Waals surface area contributed by atoms with Crippen LogP contribution in [0.15, 0.2) is 41.0 Å². The predicted octanol–water partition coefficient (Wildman–Crippen LogP) is 6.72. The van der Waals surface area contributed by atoms with Crippen LogP contribution in [-0.2, 0) is 11.0 Å². The third-order valence-corrected chi connectivity index (χ3v) is 10.7. The zero-order valence-electron chi connectivity index (χ0n) is 15.8. The van der Waals surface area contributed by atoms with Crippen LogP contribution in [0.4, 0.5) is 10.9 Å². The van der Waals surface area contributed by atoms with Gasteiger partial charge >= 0.3 is 0 Å². The predicted molar refractivity (Wildman–Crippen MR) is 117 cm³/mol. The van der Waals surface area contributed by atoms with Crippen LogP contribution >= 0.6 is 27.3 Å². The summed E-state index contributed by atoms with van der Waals surface area (Å²) in [5.74, 6) is 0.791. The zero-order valence-corrected chi connectivity index (χ0v) is 19.2. The summed E-state index contributed by atoms with van der Waals surface area (Å²) >= 11 is 5.12. The van der Waals surface area contributed by atoms with E-state index in [-0.39, 0.29) is 5.04 Å². The largest absolute Gasteiger partial charge is 0.413 e. The average Bonchev–Trinajstić information content (AvgIpc) is 2.93. The van der Waals surface area contributed by atoms with Crippen LogP contribution in [0, 0.1) is 0 Å². The molecule has 0 saturated heterocycles. The molecule has 2 heterocycles. The number of anilines is 2. The smallest absolute Gasteiger partial charge is 0.192 e.